The number of nitrogens with zero attached hydrogens (tertiary/aromatic N) is 3. The average molecular weight is 207 g/mol. The van der Waals surface area contributed by atoms with Gasteiger partial charge < -0.3 is 9.47 Å². The van der Waals surface area contributed by atoms with E-state index in [-0.39, 0.29) is 14.2 Å². The quantitative estimate of drug-likeness (QED) is 0.434. The smallest absolute Gasteiger partial charge is 0.231 e. The first-order valence-electron chi connectivity index (χ1n) is 4.29. The average Bonchev–Trinajstić information content (AvgIpc) is 2.65. The Morgan fingerprint density at radius 2 is 2.13 bits per heavy atom. The van der Waals surface area contributed by atoms with Crippen LogP contribution in [0.25, 0.3) is 10.4 Å². The minimum Gasteiger partial charge on any atom is -0.454 e. The summed E-state index contributed by atoms with van der Waals surface area (Å²) in [6.07, 6.45) is 0.723. The molecule has 0 bridgehead atoms. The molecule has 5 heteroatoms. The molecule has 0 saturated carbocycles. The van der Waals surface area contributed by atoms with Gasteiger partial charge in [-0.05, 0) is 29.6 Å². The highest BCUT2D eigenvalue weighted by Crippen LogP contribution is 2.32. The summed E-state index contributed by atoms with van der Waals surface area (Å²) in [6.45, 7) is 0.755. The Hall–Kier alpha value is -1.87. The van der Waals surface area contributed by atoms with E-state index in [0.717, 1.165) is 23.5 Å². The van der Waals surface area contributed by atoms with Gasteiger partial charge in [-0.25, -0.2) is 0 Å². The lowest BCUT2D eigenvalue weighted by atomic mass is 10.1. The van der Waals surface area contributed by atoms with Crippen molar-refractivity contribution in [1.82, 2.24) is 0 Å². The van der Waals surface area contributed by atoms with Crippen LogP contribution in [-0.4, -0.2) is 13.3 Å². The Bertz CT molecular complexity index is 386. The summed E-state index contributed by atoms with van der Waals surface area (Å²) in [6, 6.07) is 5.73. The van der Waals surface area contributed by atoms with Crippen LogP contribution in [0.3, 0.4) is 0 Å². The van der Waals surface area contributed by atoms with Crippen molar-refractivity contribution >= 4 is 0 Å². The molecule has 1 heterocycles. The van der Waals surface area contributed by atoms with Crippen molar-refractivity contribution in [2.75, 3.05) is 13.3 Å². The van der Waals surface area contributed by atoms with E-state index in [1.165, 1.54) is 0 Å². The minimum absolute atomic E-state index is 0. The van der Waals surface area contributed by atoms with Crippen LogP contribution in [0.4, 0.5) is 0 Å². The molecule has 0 aliphatic carbocycles. The lowest BCUT2D eigenvalue weighted by Gasteiger charge is -1.99. The monoisotopic (exact) mass is 207 g/mol. The number of hydrogen-bond acceptors (Lipinski definition) is 3. The molecule has 0 radical (unpaired) electrons. The van der Waals surface area contributed by atoms with Crippen LogP contribution >= 0.6 is 0 Å². The van der Waals surface area contributed by atoms with E-state index in [4.69, 9.17) is 15.0 Å². The van der Waals surface area contributed by atoms with Gasteiger partial charge in [0.15, 0.2) is 11.5 Å². The van der Waals surface area contributed by atoms with Gasteiger partial charge in [0.2, 0.25) is 6.79 Å². The third-order valence-electron chi connectivity index (χ3n) is 2.00. The highest BCUT2D eigenvalue weighted by Gasteiger charge is 2.12. The summed E-state index contributed by atoms with van der Waals surface area (Å²) >= 11 is 0. The van der Waals surface area contributed by atoms with Crippen molar-refractivity contribution in [3.63, 3.8) is 0 Å². The van der Waals surface area contributed by atoms with E-state index in [1.54, 1.807) is 0 Å². The van der Waals surface area contributed by atoms with Gasteiger partial charge in [0.1, 0.15) is 0 Å². The Morgan fingerprint density at radius 3 is 2.93 bits per heavy atom. The number of rotatable bonds is 3. The summed E-state index contributed by atoms with van der Waals surface area (Å²) < 4.78 is 10.4. The molecule has 0 aromatic heterocycles. The lowest BCUT2D eigenvalue weighted by Crippen LogP contribution is -1.93. The fourth-order valence-electron chi connectivity index (χ4n) is 1.32. The highest BCUT2D eigenvalue weighted by molar-refractivity contribution is 5.44. The zero-order valence-electron chi connectivity index (χ0n) is 7.51. The first-order chi connectivity index (χ1) is 6.90. The second kappa shape index (κ2) is 5.12. The first-order valence-corrected chi connectivity index (χ1v) is 4.29. The number of azide groups is 1. The summed E-state index contributed by atoms with van der Waals surface area (Å²) in [5, 5.41) is 3.47. The zero-order valence-corrected chi connectivity index (χ0v) is 7.51. The molecule has 80 valence electrons. The van der Waals surface area contributed by atoms with Gasteiger partial charge in [0.25, 0.3) is 0 Å². The fourth-order valence-corrected chi connectivity index (χ4v) is 1.32. The summed E-state index contributed by atoms with van der Waals surface area (Å²) in [5.74, 6) is 1.54. The zero-order chi connectivity index (χ0) is 9.80. The van der Waals surface area contributed by atoms with Crippen molar-refractivity contribution in [3.05, 3.63) is 34.2 Å². The third kappa shape index (κ3) is 2.54. The Labute approximate surface area is 88.3 Å². The molecule has 0 fully saturated rings. The second-order valence-electron chi connectivity index (χ2n) is 2.89. The maximum absolute atomic E-state index is 8.11. The molecular weight excluding hydrogens is 194 g/mol. The molecule has 1 aliphatic heterocycles. The maximum Gasteiger partial charge on any atom is 0.231 e. The van der Waals surface area contributed by atoms with E-state index >= 15 is 0 Å². The van der Waals surface area contributed by atoms with Gasteiger partial charge in [-0.15, -0.1) is 0 Å². The van der Waals surface area contributed by atoms with E-state index in [9.17, 15) is 0 Å². The molecule has 0 amide bonds. The van der Waals surface area contributed by atoms with Crippen LogP contribution in [0, 0.1) is 0 Å². The second-order valence-corrected chi connectivity index (χ2v) is 2.89. The SMILES string of the molecule is C.[N-]=[N+]=NCCc1ccc2c(c1)OCO2. The third-order valence-corrected chi connectivity index (χ3v) is 2.00. The van der Waals surface area contributed by atoms with E-state index in [0.29, 0.717) is 6.54 Å². The van der Waals surface area contributed by atoms with Gasteiger partial charge >= 0.3 is 0 Å². The van der Waals surface area contributed by atoms with E-state index < -0.39 is 0 Å². The van der Waals surface area contributed by atoms with Crippen molar-refractivity contribution in [2.24, 2.45) is 5.11 Å². The molecule has 0 N–H and O–H groups in total. The van der Waals surface area contributed by atoms with Gasteiger partial charge in [0, 0.05) is 11.5 Å². The number of ether oxygens (including phenoxy) is 2. The molecule has 1 aromatic rings. The predicted molar refractivity (Wildman–Crippen MR) is 57.0 cm³/mol. The number of fused-ring (bicyclic) bond motifs is 1. The molecule has 1 aromatic carbocycles. The lowest BCUT2D eigenvalue weighted by molar-refractivity contribution is 0.174. The van der Waals surface area contributed by atoms with Crippen LogP contribution < -0.4 is 9.47 Å². The van der Waals surface area contributed by atoms with Crippen molar-refractivity contribution in [2.45, 2.75) is 13.8 Å². The molecule has 15 heavy (non-hydrogen) atoms. The number of hydrogen-bond donors (Lipinski definition) is 0. The molecule has 0 atom stereocenters. The molecule has 2 rings (SSSR count). The normalized spacial score (nSPS) is 11.5. The molecule has 0 spiro atoms. The van der Waals surface area contributed by atoms with E-state index in [2.05, 4.69) is 10.0 Å². The Kier molecular flexibility index (Phi) is 3.83. The van der Waals surface area contributed by atoms with Crippen molar-refractivity contribution in [3.8, 4) is 11.5 Å². The van der Waals surface area contributed by atoms with Crippen LogP contribution in [-0.2, 0) is 6.42 Å². The number of benzene rings is 1. The Morgan fingerprint density at radius 1 is 1.33 bits per heavy atom. The first kappa shape index (κ1) is 11.2. The van der Waals surface area contributed by atoms with Gasteiger partial charge in [-0.2, -0.15) is 0 Å². The standard InChI is InChI=1S/C9H9N3O2.CH4/c10-12-11-4-3-7-1-2-8-9(5-7)14-6-13-8;/h1-2,5H,3-4,6H2;1H4. The molecule has 0 unspecified atom stereocenters. The molecular formula is C10H13N3O2. The highest BCUT2D eigenvalue weighted by atomic mass is 16.7. The predicted octanol–water partition coefficient (Wildman–Crippen LogP) is 2.90. The molecule has 0 saturated heterocycles. The minimum atomic E-state index is 0. The Balaban J connectivity index is 0.00000112. The van der Waals surface area contributed by atoms with Gasteiger partial charge in [-0.1, -0.05) is 18.6 Å². The van der Waals surface area contributed by atoms with Gasteiger partial charge in [0.05, 0.1) is 0 Å². The van der Waals surface area contributed by atoms with E-state index in [1.807, 2.05) is 18.2 Å². The summed E-state index contributed by atoms with van der Waals surface area (Å²) in [7, 11) is 0. The van der Waals surface area contributed by atoms with Crippen LogP contribution in [0.2, 0.25) is 0 Å². The molecule has 5 nitrogen and oxygen atoms in total. The van der Waals surface area contributed by atoms with Gasteiger partial charge in [-0.3, -0.25) is 0 Å². The largest absolute Gasteiger partial charge is 0.454 e. The van der Waals surface area contributed by atoms with Crippen LogP contribution in [0.5, 0.6) is 11.5 Å². The fraction of sp³-hybridized carbons (Fsp3) is 0.400. The summed E-state index contributed by atoms with van der Waals surface area (Å²) in [4.78, 5) is 2.69. The maximum atomic E-state index is 8.11. The topological polar surface area (TPSA) is 67.2 Å². The van der Waals surface area contributed by atoms with Crippen LogP contribution in [0.15, 0.2) is 23.3 Å². The van der Waals surface area contributed by atoms with Crippen LogP contribution in [0.1, 0.15) is 13.0 Å². The molecule has 1 aliphatic rings. The summed E-state index contributed by atoms with van der Waals surface area (Å²) in [5.41, 5.74) is 9.20. The van der Waals surface area contributed by atoms with Crippen molar-refractivity contribution in [1.29, 1.82) is 0 Å². The van der Waals surface area contributed by atoms with Crippen molar-refractivity contribution < 1.29 is 9.47 Å².